The number of carbonyl (C=O) groups is 1. The predicted molar refractivity (Wildman–Crippen MR) is 69.7 cm³/mol. The van der Waals surface area contributed by atoms with Crippen molar-refractivity contribution in [3.8, 4) is 0 Å². The number of rotatable bonds is 4. The van der Waals surface area contributed by atoms with E-state index >= 15 is 0 Å². The fourth-order valence-corrected chi connectivity index (χ4v) is 2.33. The Morgan fingerprint density at radius 1 is 1.38 bits per heavy atom. The largest absolute Gasteiger partial charge is 0.346 e. The predicted octanol–water partition coefficient (Wildman–Crippen LogP) is 2.18. The molecular formula is C12H25ClN2O. The normalized spacial score (nSPS) is 24.7. The van der Waals surface area contributed by atoms with E-state index in [4.69, 9.17) is 5.73 Å². The van der Waals surface area contributed by atoms with Crippen LogP contribution in [0, 0.1) is 5.92 Å². The van der Waals surface area contributed by atoms with E-state index in [0.29, 0.717) is 12.3 Å². The van der Waals surface area contributed by atoms with Crippen molar-refractivity contribution in [3.63, 3.8) is 0 Å². The van der Waals surface area contributed by atoms with Crippen LogP contribution in [0.25, 0.3) is 0 Å². The van der Waals surface area contributed by atoms with Gasteiger partial charge in [-0.3, -0.25) is 4.79 Å². The van der Waals surface area contributed by atoms with Crippen molar-refractivity contribution < 1.29 is 4.79 Å². The quantitative estimate of drug-likeness (QED) is 0.829. The molecule has 0 saturated heterocycles. The minimum absolute atomic E-state index is 0. The fraction of sp³-hybridized carbons (Fsp3) is 0.917. The Balaban J connectivity index is 0.00000225. The molecule has 0 heterocycles. The third-order valence-corrected chi connectivity index (χ3v) is 3.39. The molecular weight excluding hydrogens is 224 g/mol. The molecule has 1 amide bonds. The zero-order valence-corrected chi connectivity index (χ0v) is 11.3. The van der Waals surface area contributed by atoms with Crippen LogP contribution in [0.2, 0.25) is 0 Å². The lowest BCUT2D eigenvalue weighted by atomic mass is 9.83. The third-order valence-electron chi connectivity index (χ3n) is 3.39. The number of hydrogen-bond donors (Lipinski definition) is 1. The molecule has 2 unspecified atom stereocenters. The van der Waals surface area contributed by atoms with Crippen LogP contribution in [-0.4, -0.2) is 30.4 Å². The first kappa shape index (κ1) is 15.7. The zero-order chi connectivity index (χ0) is 11.3. The highest BCUT2D eigenvalue weighted by molar-refractivity contribution is 5.85. The van der Waals surface area contributed by atoms with Crippen molar-refractivity contribution in [3.05, 3.63) is 0 Å². The van der Waals surface area contributed by atoms with Crippen LogP contribution >= 0.6 is 12.4 Å². The summed E-state index contributed by atoms with van der Waals surface area (Å²) in [7, 11) is 1.89. The Morgan fingerprint density at radius 3 is 2.56 bits per heavy atom. The van der Waals surface area contributed by atoms with Crippen molar-refractivity contribution in [2.45, 2.75) is 51.5 Å². The number of amides is 1. The number of nitrogens with zero attached hydrogens (tertiary/aromatic N) is 1. The number of hydrogen-bond acceptors (Lipinski definition) is 2. The van der Waals surface area contributed by atoms with Crippen LogP contribution in [0.3, 0.4) is 0 Å². The van der Waals surface area contributed by atoms with Crippen LogP contribution in [0.15, 0.2) is 0 Å². The molecule has 1 rings (SSSR count). The smallest absolute Gasteiger partial charge is 0.222 e. The molecule has 4 heteroatoms. The lowest BCUT2D eigenvalue weighted by molar-refractivity contribution is -0.131. The Kier molecular flexibility index (Phi) is 7.77. The van der Waals surface area contributed by atoms with Crippen molar-refractivity contribution >= 4 is 18.3 Å². The molecule has 96 valence electrons. The van der Waals surface area contributed by atoms with E-state index in [1.807, 2.05) is 11.9 Å². The molecule has 0 aromatic heterocycles. The van der Waals surface area contributed by atoms with Gasteiger partial charge in [0.05, 0.1) is 0 Å². The van der Waals surface area contributed by atoms with Crippen LogP contribution in [0.1, 0.15) is 45.4 Å². The van der Waals surface area contributed by atoms with E-state index in [2.05, 4.69) is 6.92 Å². The molecule has 0 aromatic rings. The van der Waals surface area contributed by atoms with E-state index in [1.165, 1.54) is 12.8 Å². The lowest BCUT2D eigenvalue weighted by Crippen LogP contribution is -2.37. The van der Waals surface area contributed by atoms with Gasteiger partial charge in [-0.15, -0.1) is 12.4 Å². The minimum atomic E-state index is 0. The second-order valence-electron chi connectivity index (χ2n) is 4.73. The first-order valence-corrected chi connectivity index (χ1v) is 6.14. The molecule has 1 aliphatic rings. The summed E-state index contributed by atoms with van der Waals surface area (Å²) in [5.74, 6) is 0.685. The van der Waals surface area contributed by atoms with Crippen LogP contribution in [-0.2, 0) is 4.79 Å². The van der Waals surface area contributed by atoms with Crippen LogP contribution < -0.4 is 5.73 Å². The first-order valence-electron chi connectivity index (χ1n) is 6.14. The standard InChI is InChI=1S/C12H24N2O.ClH/c1-3-8-14(2)12(15)9-10-6-4-5-7-11(10)13;/h10-11H,3-9,13H2,1-2H3;1H. The van der Waals surface area contributed by atoms with Crippen molar-refractivity contribution in [2.24, 2.45) is 11.7 Å². The van der Waals surface area contributed by atoms with Crippen molar-refractivity contribution in [2.75, 3.05) is 13.6 Å². The summed E-state index contributed by atoms with van der Waals surface area (Å²) in [5.41, 5.74) is 6.03. The minimum Gasteiger partial charge on any atom is -0.346 e. The topological polar surface area (TPSA) is 46.3 Å². The van der Waals surface area contributed by atoms with Gasteiger partial charge in [0.15, 0.2) is 0 Å². The average Bonchev–Trinajstić information content (AvgIpc) is 2.21. The summed E-state index contributed by atoms with van der Waals surface area (Å²) in [6, 6.07) is 0.248. The molecule has 2 atom stereocenters. The van der Waals surface area contributed by atoms with E-state index in [9.17, 15) is 4.79 Å². The monoisotopic (exact) mass is 248 g/mol. The van der Waals surface area contributed by atoms with Gasteiger partial charge in [-0.2, -0.15) is 0 Å². The Labute approximate surface area is 105 Å². The number of nitrogens with two attached hydrogens (primary N) is 1. The zero-order valence-electron chi connectivity index (χ0n) is 10.4. The van der Waals surface area contributed by atoms with E-state index in [1.54, 1.807) is 0 Å². The van der Waals surface area contributed by atoms with Gasteiger partial charge >= 0.3 is 0 Å². The summed E-state index contributed by atoms with van der Waals surface area (Å²) in [6.07, 6.45) is 6.37. The molecule has 0 bridgehead atoms. The van der Waals surface area contributed by atoms with Gasteiger partial charge < -0.3 is 10.6 Å². The highest BCUT2D eigenvalue weighted by Gasteiger charge is 2.25. The highest BCUT2D eigenvalue weighted by atomic mass is 35.5. The summed E-state index contributed by atoms with van der Waals surface area (Å²) in [6.45, 7) is 2.96. The SMILES string of the molecule is CCCN(C)C(=O)CC1CCCCC1N.Cl. The molecule has 0 radical (unpaired) electrons. The summed E-state index contributed by atoms with van der Waals surface area (Å²) in [5, 5.41) is 0. The highest BCUT2D eigenvalue weighted by Crippen LogP contribution is 2.26. The van der Waals surface area contributed by atoms with E-state index < -0.39 is 0 Å². The van der Waals surface area contributed by atoms with Crippen molar-refractivity contribution in [1.29, 1.82) is 0 Å². The molecule has 3 nitrogen and oxygen atoms in total. The molecule has 1 fully saturated rings. The van der Waals surface area contributed by atoms with E-state index in [-0.39, 0.29) is 24.4 Å². The van der Waals surface area contributed by atoms with Crippen LogP contribution in [0.4, 0.5) is 0 Å². The maximum atomic E-state index is 11.8. The molecule has 16 heavy (non-hydrogen) atoms. The first-order chi connectivity index (χ1) is 7.15. The molecule has 0 aliphatic heterocycles. The van der Waals surface area contributed by atoms with Gasteiger partial charge in [0.25, 0.3) is 0 Å². The lowest BCUT2D eigenvalue weighted by Gasteiger charge is -2.29. The number of carbonyl (C=O) groups excluding carboxylic acids is 1. The second-order valence-corrected chi connectivity index (χ2v) is 4.73. The molecule has 0 spiro atoms. The van der Waals surface area contributed by atoms with Gasteiger partial charge in [0, 0.05) is 26.1 Å². The Hall–Kier alpha value is -0.280. The van der Waals surface area contributed by atoms with Crippen molar-refractivity contribution in [1.82, 2.24) is 4.90 Å². The second kappa shape index (κ2) is 7.91. The van der Waals surface area contributed by atoms with E-state index in [0.717, 1.165) is 25.8 Å². The Morgan fingerprint density at radius 2 is 2.00 bits per heavy atom. The maximum absolute atomic E-state index is 11.8. The van der Waals surface area contributed by atoms with Gasteiger partial charge in [-0.25, -0.2) is 0 Å². The van der Waals surface area contributed by atoms with Gasteiger partial charge in [-0.1, -0.05) is 19.8 Å². The van der Waals surface area contributed by atoms with Gasteiger partial charge in [0.1, 0.15) is 0 Å². The molecule has 0 aromatic carbocycles. The summed E-state index contributed by atoms with van der Waals surface area (Å²) < 4.78 is 0. The third kappa shape index (κ3) is 4.71. The molecule has 1 saturated carbocycles. The average molecular weight is 249 g/mol. The van der Waals surface area contributed by atoms with Gasteiger partial charge in [0.2, 0.25) is 5.91 Å². The number of halogens is 1. The fourth-order valence-electron chi connectivity index (χ4n) is 2.33. The molecule has 2 N–H and O–H groups in total. The van der Waals surface area contributed by atoms with Crippen LogP contribution in [0.5, 0.6) is 0 Å². The van der Waals surface area contributed by atoms with Gasteiger partial charge in [-0.05, 0) is 25.2 Å². The molecule has 1 aliphatic carbocycles. The Bertz CT molecular complexity index is 211. The summed E-state index contributed by atoms with van der Waals surface area (Å²) >= 11 is 0. The maximum Gasteiger partial charge on any atom is 0.222 e. The summed E-state index contributed by atoms with van der Waals surface area (Å²) in [4.78, 5) is 13.7.